The molecule has 0 aliphatic rings. The lowest BCUT2D eigenvalue weighted by atomic mass is 10.0. The van der Waals surface area contributed by atoms with Gasteiger partial charge in [0.15, 0.2) is 4.96 Å². The fourth-order valence-electron chi connectivity index (χ4n) is 3.31. The average molecular weight is 433 g/mol. The average Bonchev–Trinajstić information content (AvgIpc) is 3.28. The maximum absolute atomic E-state index is 14.4. The van der Waals surface area contributed by atoms with E-state index in [1.807, 2.05) is 24.4 Å². The highest BCUT2D eigenvalue weighted by Gasteiger charge is 2.28. The zero-order valence-electron chi connectivity index (χ0n) is 16.3. The number of hydrogen-bond acceptors (Lipinski definition) is 5. The Balaban J connectivity index is 1.72. The van der Waals surface area contributed by atoms with Gasteiger partial charge < -0.3 is 9.42 Å². The molecule has 1 aromatic carbocycles. The molecule has 1 amide bonds. The van der Waals surface area contributed by atoms with Crippen molar-refractivity contribution < 1.29 is 13.7 Å². The van der Waals surface area contributed by atoms with Crippen LogP contribution in [0.4, 0.5) is 4.39 Å². The lowest BCUT2D eigenvalue weighted by molar-refractivity contribution is 0.0782. The fourth-order valence-corrected chi connectivity index (χ4v) is 4.45. The predicted octanol–water partition coefficient (Wildman–Crippen LogP) is 5.04. The number of hydrogen-bond donors (Lipinski definition) is 0. The maximum Gasteiger partial charge on any atom is 0.259 e. The molecule has 0 saturated carbocycles. The second kappa shape index (κ2) is 7.27. The van der Waals surface area contributed by atoms with Crippen LogP contribution in [0.1, 0.15) is 32.4 Å². The van der Waals surface area contributed by atoms with Crippen LogP contribution in [0.2, 0.25) is 5.02 Å². The molecule has 0 N–H and O–H groups in total. The summed E-state index contributed by atoms with van der Waals surface area (Å²) in [5, 5.41) is 4.08. The Bertz CT molecular complexity index is 1220. The first-order valence-electron chi connectivity index (χ1n) is 8.88. The maximum atomic E-state index is 14.4. The first-order chi connectivity index (χ1) is 13.8. The molecule has 150 valence electrons. The fraction of sp³-hybridized carbons (Fsp3) is 0.250. The number of nitrogens with zero attached hydrogens (tertiary/aromatic N) is 4. The van der Waals surface area contributed by atoms with Gasteiger partial charge in [0, 0.05) is 18.1 Å². The summed E-state index contributed by atoms with van der Waals surface area (Å²) in [7, 11) is 1.68. The monoisotopic (exact) mass is 432 g/mol. The van der Waals surface area contributed by atoms with Gasteiger partial charge in [0.05, 0.1) is 28.5 Å². The Hall–Kier alpha value is -2.71. The van der Waals surface area contributed by atoms with Gasteiger partial charge in [-0.1, -0.05) is 22.8 Å². The minimum atomic E-state index is -0.565. The molecule has 4 aromatic rings. The summed E-state index contributed by atoms with van der Waals surface area (Å²) in [6.07, 6.45) is 2.00. The van der Waals surface area contributed by atoms with Crippen molar-refractivity contribution in [2.24, 2.45) is 0 Å². The van der Waals surface area contributed by atoms with Crippen LogP contribution < -0.4 is 0 Å². The molecule has 3 aromatic heterocycles. The summed E-state index contributed by atoms with van der Waals surface area (Å²) < 4.78 is 21.6. The van der Waals surface area contributed by atoms with E-state index < -0.39 is 5.82 Å². The van der Waals surface area contributed by atoms with E-state index in [-0.39, 0.29) is 27.8 Å². The molecule has 0 radical (unpaired) electrons. The van der Waals surface area contributed by atoms with Crippen molar-refractivity contribution >= 4 is 33.8 Å². The van der Waals surface area contributed by atoms with E-state index in [4.69, 9.17) is 16.1 Å². The van der Waals surface area contributed by atoms with E-state index in [9.17, 15) is 9.18 Å². The second-order valence-electron chi connectivity index (χ2n) is 6.86. The van der Waals surface area contributed by atoms with Crippen molar-refractivity contribution in [2.45, 2.75) is 27.3 Å². The van der Waals surface area contributed by atoms with Gasteiger partial charge in [0.2, 0.25) is 0 Å². The van der Waals surface area contributed by atoms with Crippen molar-refractivity contribution in [3.8, 4) is 11.3 Å². The molecule has 0 bridgehead atoms. The van der Waals surface area contributed by atoms with E-state index in [2.05, 4.69) is 10.1 Å². The van der Waals surface area contributed by atoms with Gasteiger partial charge in [0.25, 0.3) is 5.91 Å². The SMILES string of the molecule is Cc1cn2c(CN(C)C(=O)c3c(-c4c(F)cccc4Cl)noc3C)c(C)nc2s1. The molecule has 3 heterocycles. The normalized spacial score (nSPS) is 11.4. The summed E-state index contributed by atoms with van der Waals surface area (Å²) in [5.41, 5.74) is 2.12. The third kappa shape index (κ3) is 3.32. The summed E-state index contributed by atoms with van der Waals surface area (Å²) >= 11 is 7.77. The zero-order chi connectivity index (χ0) is 20.9. The molecule has 9 heteroatoms. The number of halogens is 2. The molecular weight excluding hydrogens is 415 g/mol. The number of aryl methyl sites for hydroxylation is 3. The number of rotatable bonds is 4. The highest BCUT2D eigenvalue weighted by molar-refractivity contribution is 7.17. The highest BCUT2D eigenvalue weighted by atomic mass is 35.5. The van der Waals surface area contributed by atoms with Gasteiger partial charge in [-0.05, 0) is 32.9 Å². The van der Waals surface area contributed by atoms with Gasteiger partial charge in [0.1, 0.15) is 22.8 Å². The van der Waals surface area contributed by atoms with Gasteiger partial charge >= 0.3 is 0 Å². The van der Waals surface area contributed by atoms with Gasteiger partial charge in [-0.3, -0.25) is 9.20 Å². The van der Waals surface area contributed by atoms with Crippen LogP contribution in [0.15, 0.2) is 28.9 Å². The summed E-state index contributed by atoms with van der Waals surface area (Å²) in [4.78, 5) is 21.4. The quantitative estimate of drug-likeness (QED) is 0.453. The smallest absolute Gasteiger partial charge is 0.259 e. The predicted molar refractivity (Wildman–Crippen MR) is 110 cm³/mol. The molecule has 0 aliphatic carbocycles. The van der Waals surface area contributed by atoms with Crippen LogP contribution in [-0.2, 0) is 6.54 Å². The zero-order valence-corrected chi connectivity index (χ0v) is 17.9. The molecule has 0 aliphatic heterocycles. The van der Waals surface area contributed by atoms with Crippen molar-refractivity contribution in [1.29, 1.82) is 0 Å². The largest absolute Gasteiger partial charge is 0.360 e. The van der Waals surface area contributed by atoms with Crippen molar-refractivity contribution in [2.75, 3.05) is 7.05 Å². The van der Waals surface area contributed by atoms with E-state index in [0.29, 0.717) is 12.3 Å². The Kier molecular flexibility index (Phi) is 4.92. The van der Waals surface area contributed by atoms with Crippen molar-refractivity contribution in [1.82, 2.24) is 19.4 Å². The van der Waals surface area contributed by atoms with Crippen LogP contribution in [0.25, 0.3) is 16.2 Å². The number of thiazole rings is 1. The Morgan fingerprint density at radius 3 is 2.83 bits per heavy atom. The Morgan fingerprint density at radius 2 is 2.10 bits per heavy atom. The van der Waals surface area contributed by atoms with Crippen molar-refractivity contribution in [3.63, 3.8) is 0 Å². The molecule has 29 heavy (non-hydrogen) atoms. The van der Waals surface area contributed by atoms with Crippen LogP contribution in [0.3, 0.4) is 0 Å². The molecule has 0 spiro atoms. The number of benzene rings is 1. The summed E-state index contributed by atoms with van der Waals surface area (Å²) in [5.74, 6) is -0.596. The number of carbonyl (C=O) groups is 1. The van der Waals surface area contributed by atoms with E-state index in [1.54, 1.807) is 36.3 Å². The van der Waals surface area contributed by atoms with E-state index in [0.717, 1.165) is 21.2 Å². The highest BCUT2D eigenvalue weighted by Crippen LogP contribution is 2.34. The summed E-state index contributed by atoms with van der Waals surface area (Å²) in [6, 6.07) is 4.32. The minimum Gasteiger partial charge on any atom is -0.360 e. The lowest BCUT2D eigenvalue weighted by Gasteiger charge is -2.17. The van der Waals surface area contributed by atoms with Gasteiger partial charge in [-0.2, -0.15) is 0 Å². The number of amides is 1. The molecule has 0 atom stereocenters. The molecule has 0 saturated heterocycles. The number of aromatic nitrogens is 3. The Morgan fingerprint density at radius 1 is 1.34 bits per heavy atom. The third-order valence-corrected chi connectivity index (χ3v) is 5.96. The minimum absolute atomic E-state index is 0.0548. The number of imidazole rings is 1. The van der Waals surface area contributed by atoms with Crippen LogP contribution in [-0.4, -0.2) is 32.4 Å². The third-order valence-electron chi connectivity index (χ3n) is 4.75. The number of carbonyl (C=O) groups excluding carboxylic acids is 1. The van der Waals surface area contributed by atoms with E-state index in [1.165, 1.54) is 12.1 Å². The van der Waals surface area contributed by atoms with Crippen LogP contribution in [0, 0.1) is 26.6 Å². The standard InChI is InChI=1S/C20H18ClFN4O2S/c1-10-8-26-15(11(2)23-20(26)29-10)9-25(4)19(27)16-12(3)28-24-18(16)17-13(21)6-5-7-14(17)22/h5-8H,9H2,1-4H3. The van der Waals surface area contributed by atoms with Gasteiger partial charge in [-0.25, -0.2) is 9.37 Å². The summed E-state index contributed by atoms with van der Waals surface area (Å²) in [6.45, 7) is 5.88. The second-order valence-corrected chi connectivity index (χ2v) is 8.48. The molecule has 6 nitrogen and oxygen atoms in total. The number of fused-ring (bicyclic) bond motifs is 1. The van der Waals surface area contributed by atoms with Crippen molar-refractivity contribution in [3.05, 3.63) is 62.8 Å². The lowest BCUT2D eigenvalue weighted by Crippen LogP contribution is -2.28. The van der Waals surface area contributed by atoms with Gasteiger partial charge in [-0.15, -0.1) is 11.3 Å². The molecular formula is C20H18ClFN4O2S. The Labute approximate surface area is 175 Å². The topological polar surface area (TPSA) is 63.6 Å². The van der Waals surface area contributed by atoms with Crippen LogP contribution >= 0.6 is 22.9 Å². The molecule has 4 rings (SSSR count). The first-order valence-corrected chi connectivity index (χ1v) is 10.1. The van der Waals surface area contributed by atoms with Crippen LogP contribution in [0.5, 0.6) is 0 Å². The molecule has 0 fully saturated rings. The first kappa shape index (κ1) is 19.6. The molecule has 0 unspecified atom stereocenters. The van der Waals surface area contributed by atoms with E-state index >= 15 is 0 Å².